The number of aliphatic hydroxyl groups excluding tert-OH is 2. The topological polar surface area (TPSA) is 94.8 Å². The van der Waals surface area contributed by atoms with E-state index in [4.69, 9.17) is 0 Å². The zero-order chi connectivity index (χ0) is 25.6. The second kappa shape index (κ2) is 7.90. The molecule has 0 heterocycles. The molecular formula is C30H46O5. The van der Waals surface area contributed by atoms with Crippen LogP contribution in [0.15, 0.2) is 12.2 Å². The van der Waals surface area contributed by atoms with Gasteiger partial charge in [-0.25, -0.2) is 0 Å². The van der Waals surface area contributed by atoms with Crippen LogP contribution in [-0.2, 0) is 9.59 Å². The van der Waals surface area contributed by atoms with Crippen molar-refractivity contribution in [3.05, 3.63) is 12.2 Å². The highest BCUT2D eigenvalue weighted by molar-refractivity contribution is 5.78. The normalized spacial score (nSPS) is 55.1. The predicted octanol–water partition coefficient (Wildman–Crippen LogP) is 5.24. The third-order valence-corrected chi connectivity index (χ3v) is 13.6. The lowest BCUT2D eigenvalue weighted by atomic mass is 9.32. The Bertz CT molecular complexity index is 930. The summed E-state index contributed by atoms with van der Waals surface area (Å²) in [5.74, 6) is 0.334. The number of carbonyl (C=O) groups is 2. The molecule has 196 valence electrons. The lowest BCUT2D eigenvalue weighted by Crippen LogP contribution is -2.67. The third kappa shape index (κ3) is 2.94. The van der Waals surface area contributed by atoms with Crippen LogP contribution >= 0.6 is 0 Å². The summed E-state index contributed by atoms with van der Waals surface area (Å²) in [6.07, 6.45) is 9.29. The largest absolute Gasteiger partial charge is 0.481 e. The summed E-state index contributed by atoms with van der Waals surface area (Å²) in [7, 11) is 0. The number of aliphatic carboxylic acids is 1. The smallest absolute Gasteiger partial charge is 0.309 e. The van der Waals surface area contributed by atoms with Gasteiger partial charge in [0.25, 0.3) is 0 Å². The fourth-order valence-corrected chi connectivity index (χ4v) is 11.5. The lowest BCUT2D eigenvalue weighted by Gasteiger charge is -2.72. The van der Waals surface area contributed by atoms with Crippen molar-refractivity contribution in [2.75, 3.05) is 6.61 Å². The van der Waals surface area contributed by atoms with E-state index in [-0.39, 0.29) is 46.5 Å². The number of allylic oxidation sites excluding steroid dienone is 1. The molecule has 0 aromatic heterocycles. The summed E-state index contributed by atoms with van der Waals surface area (Å²) >= 11 is 0. The molecule has 11 unspecified atom stereocenters. The highest BCUT2D eigenvalue weighted by atomic mass is 16.4. The summed E-state index contributed by atoms with van der Waals surface area (Å²) in [5, 5.41) is 31.8. The van der Waals surface area contributed by atoms with E-state index in [1.165, 1.54) is 0 Å². The predicted molar refractivity (Wildman–Crippen MR) is 134 cm³/mol. The van der Waals surface area contributed by atoms with Crippen LogP contribution in [0.5, 0.6) is 0 Å². The van der Waals surface area contributed by atoms with E-state index in [0.717, 1.165) is 57.7 Å². The summed E-state index contributed by atoms with van der Waals surface area (Å²) in [5.41, 5.74) is -0.471. The average molecular weight is 487 g/mol. The van der Waals surface area contributed by atoms with E-state index in [1.54, 1.807) is 0 Å². The van der Waals surface area contributed by atoms with Crippen molar-refractivity contribution in [3.8, 4) is 0 Å². The maximum atomic E-state index is 12.8. The first-order chi connectivity index (χ1) is 16.4. The number of hydrogen-bond acceptors (Lipinski definition) is 4. The van der Waals surface area contributed by atoms with Crippen molar-refractivity contribution < 1.29 is 24.9 Å². The van der Waals surface area contributed by atoms with Gasteiger partial charge >= 0.3 is 5.97 Å². The standard InChI is InChI=1S/C30H46O5/c1-18(16-31)19-8-13-30(25(34)35)15-14-28(4)20(24(19)30)6-7-22-26(2)11-10-23(33)27(3,17-32)21(26)9-12-29(22,28)5/h16,19-24,32-33H,1,6-15,17H2,2-5H3,(H,34,35). The van der Waals surface area contributed by atoms with E-state index in [0.29, 0.717) is 24.3 Å². The van der Waals surface area contributed by atoms with Gasteiger partial charge in [0, 0.05) is 5.41 Å². The average Bonchev–Trinajstić information content (AvgIpc) is 3.23. The van der Waals surface area contributed by atoms with Gasteiger partial charge in [-0.1, -0.05) is 34.3 Å². The molecule has 5 fully saturated rings. The number of carboxylic acids is 1. The van der Waals surface area contributed by atoms with Gasteiger partial charge in [0.1, 0.15) is 6.29 Å². The minimum Gasteiger partial charge on any atom is -0.481 e. The Kier molecular flexibility index (Phi) is 5.74. The van der Waals surface area contributed by atoms with Gasteiger partial charge in [-0.15, -0.1) is 0 Å². The Hall–Kier alpha value is -1.20. The van der Waals surface area contributed by atoms with Gasteiger partial charge in [0.15, 0.2) is 0 Å². The molecule has 5 aliphatic rings. The second-order valence-corrected chi connectivity index (χ2v) is 14.2. The highest BCUT2D eigenvalue weighted by Crippen LogP contribution is 2.77. The molecule has 0 aromatic rings. The monoisotopic (exact) mass is 486 g/mol. The van der Waals surface area contributed by atoms with Crippen molar-refractivity contribution in [2.45, 2.75) is 98.0 Å². The van der Waals surface area contributed by atoms with Crippen LogP contribution in [0.4, 0.5) is 0 Å². The molecule has 0 aliphatic heterocycles. The Balaban J connectivity index is 1.57. The fraction of sp³-hybridized carbons (Fsp3) is 0.867. The summed E-state index contributed by atoms with van der Waals surface area (Å²) < 4.78 is 0. The van der Waals surface area contributed by atoms with Gasteiger partial charge in [-0.3, -0.25) is 9.59 Å². The zero-order valence-corrected chi connectivity index (χ0v) is 22.2. The van der Waals surface area contributed by atoms with Crippen molar-refractivity contribution in [2.24, 2.45) is 56.7 Å². The molecule has 5 heteroatoms. The minimum absolute atomic E-state index is 0.00491. The molecule has 0 bridgehead atoms. The summed E-state index contributed by atoms with van der Waals surface area (Å²) in [6.45, 7) is 13.6. The number of aldehydes is 1. The molecule has 0 radical (unpaired) electrons. The van der Waals surface area contributed by atoms with E-state index in [2.05, 4.69) is 34.3 Å². The van der Waals surface area contributed by atoms with E-state index < -0.39 is 22.9 Å². The third-order valence-electron chi connectivity index (χ3n) is 13.6. The number of hydrogen-bond donors (Lipinski definition) is 3. The van der Waals surface area contributed by atoms with Crippen LogP contribution in [0.2, 0.25) is 0 Å². The molecular weight excluding hydrogens is 440 g/mol. The highest BCUT2D eigenvalue weighted by Gasteiger charge is 2.72. The molecule has 0 amide bonds. The van der Waals surface area contributed by atoms with E-state index in [9.17, 15) is 24.9 Å². The maximum absolute atomic E-state index is 12.8. The number of rotatable bonds is 4. The maximum Gasteiger partial charge on any atom is 0.309 e. The fourth-order valence-electron chi connectivity index (χ4n) is 11.5. The summed E-state index contributed by atoms with van der Waals surface area (Å²) in [6, 6.07) is 0. The molecule has 0 aromatic carbocycles. The van der Waals surface area contributed by atoms with Crippen LogP contribution < -0.4 is 0 Å². The molecule has 0 spiro atoms. The van der Waals surface area contributed by atoms with Crippen LogP contribution in [0.3, 0.4) is 0 Å². The minimum atomic E-state index is -0.727. The van der Waals surface area contributed by atoms with Crippen molar-refractivity contribution in [1.29, 1.82) is 0 Å². The quantitative estimate of drug-likeness (QED) is 0.373. The van der Waals surface area contributed by atoms with Crippen LogP contribution in [0.25, 0.3) is 0 Å². The lowest BCUT2D eigenvalue weighted by molar-refractivity contribution is -0.254. The van der Waals surface area contributed by atoms with Crippen molar-refractivity contribution in [1.82, 2.24) is 0 Å². The molecule has 0 saturated heterocycles. The van der Waals surface area contributed by atoms with Crippen molar-refractivity contribution >= 4 is 12.3 Å². The van der Waals surface area contributed by atoms with Gasteiger partial charge in [0.2, 0.25) is 0 Å². The van der Waals surface area contributed by atoms with Crippen molar-refractivity contribution in [3.63, 3.8) is 0 Å². The first-order valence-corrected chi connectivity index (χ1v) is 14.0. The van der Waals surface area contributed by atoms with E-state index in [1.807, 2.05) is 0 Å². The molecule has 3 N–H and O–H groups in total. The Morgan fingerprint density at radius 3 is 2.26 bits per heavy atom. The Labute approximate surface area is 210 Å². The van der Waals surface area contributed by atoms with Gasteiger partial charge in [-0.2, -0.15) is 0 Å². The number of carboxylic acid groups (broad SMARTS) is 1. The molecule has 5 saturated carbocycles. The van der Waals surface area contributed by atoms with Crippen LogP contribution in [0, 0.1) is 56.7 Å². The van der Waals surface area contributed by atoms with Crippen LogP contribution in [0.1, 0.15) is 91.9 Å². The first-order valence-electron chi connectivity index (χ1n) is 14.0. The van der Waals surface area contributed by atoms with Crippen LogP contribution in [-0.4, -0.2) is 40.3 Å². The van der Waals surface area contributed by atoms with E-state index >= 15 is 0 Å². The number of aliphatic hydroxyl groups is 2. The molecule has 11 atom stereocenters. The SMILES string of the molecule is C=C(C=O)C1CCC2(C(=O)O)CCC3(C)C(CCC4C5(C)CCC(O)C(C)(CO)C5CCC43C)C12. The summed E-state index contributed by atoms with van der Waals surface area (Å²) in [4.78, 5) is 24.6. The zero-order valence-electron chi connectivity index (χ0n) is 22.2. The van der Waals surface area contributed by atoms with Gasteiger partial charge < -0.3 is 15.3 Å². The van der Waals surface area contributed by atoms with Gasteiger partial charge in [0.05, 0.1) is 18.1 Å². The Morgan fingerprint density at radius 1 is 0.914 bits per heavy atom. The number of carbonyl (C=O) groups excluding carboxylic acids is 1. The second-order valence-electron chi connectivity index (χ2n) is 14.2. The Morgan fingerprint density at radius 2 is 1.63 bits per heavy atom. The molecule has 35 heavy (non-hydrogen) atoms. The molecule has 5 aliphatic carbocycles. The first kappa shape index (κ1) is 25.4. The molecule has 5 rings (SSSR count). The number of fused-ring (bicyclic) bond motifs is 7. The molecule has 5 nitrogen and oxygen atoms in total. The van der Waals surface area contributed by atoms with Gasteiger partial charge in [-0.05, 0) is 116 Å².